The molecule has 1 rings (SSSR count). The number of carbonyl (C=O) groups is 1. The Labute approximate surface area is 126 Å². The number of methoxy groups -OCH3 is 1. The van der Waals surface area contributed by atoms with E-state index in [0.717, 1.165) is 5.56 Å². The van der Waals surface area contributed by atoms with Crippen molar-refractivity contribution in [2.75, 3.05) is 13.7 Å². The normalized spacial score (nSPS) is 12.1. The van der Waals surface area contributed by atoms with E-state index in [-0.39, 0.29) is 5.91 Å². The molecule has 1 aromatic carbocycles. The van der Waals surface area contributed by atoms with Gasteiger partial charge in [-0.25, -0.2) is 0 Å². The van der Waals surface area contributed by atoms with Crippen molar-refractivity contribution in [1.82, 2.24) is 5.32 Å². The highest BCUT2D eigenvalue weighted by Gasteiger charge is 2.14. The first kappa shape index (κ1) is 17.3. The predicted octanol–water partition coefficient (Wildman–Crippen LogP) is 2.08. The second-order valence-corrected chi connectivity index (χ2v) is 5.37. The van der Waals surface area contributed by atoms with Crippen molar-refractivity contribution in [3.63, 3.8) is 0 Å². The van der Waals surface area contributed by atoms with Gasteiger partial charge >= 0.3 is 0 Å². The van der Waals surface area contributed by atoms with Crippen molar-refractivity contribution in [3.05, 3.63) is 23.8 Å². The average molecular weight is 294 g/mol. The lowest BCUT2D eigenvalue weighted by Crippen LogP contribution is -2.41. The van der Waals surface area contributed by atoms with Crippen LogP contribution in [0.5, 0.6) is 11.5 Å². The van der Waals surface area contributed by atoms with Crippen LogP contribution in [0.1, 0.15) is 32.8 Å². The Morgan fingerprint density at radius 3 is 2.62 bits per heavy atom. The SMILES string of the molecule is CCOc1ccc(CNC(=O)[C@@H](N)CC(C)C)cc1OC. The minimum atomic E-state index is -0.463. The molecule has 0 aliphatic heterocycles. The largest absolute Gasteiger partial charge is 0.493 e. The molecule has 0 fully saturated rings. The van der Waals surface area contributed by atoms with Crippen LogP contribution in [0.4, 0.5) is 0 Å². The van der Waals surface area contributed by atoms with Crippen LogP contribution in [0, 0.1) is 5.92 Å². The van der Waals surface area contributed by atoms with Crippen molar-refractivity contribution >= 4 is 5.91 Å². The number of nitrogens with one attached hydrogen (secondary N) is 1. The smallest absolute Gasteiger partial charge is 0.237 e. The summed E-state index contributed by atoms with van der Waals surface area (Å²) in [5.41, 5.74) is 6.79. The molecule has 0 aliphatic carbocycles. The van der Waals surface area contributed by atoms with Gasteiger partial charge in [-0.2, -0.15) is 0 Å². The maximum Gasteiger partial charge on any atom is 0.237 e. The molecular formula is C16H26N2O3. The summed E-state index contributed by atoms with van der Waals surface area (Å²) >= 11 is 0. The molecule has 21 heavy (non-hydrogen) atoms. The summed E-state index contributed by atoms with van der Waals surface area (Å²) in [7, 11) is 1.60. The number of nitrogens with two attached hydrogens (primary N) is 1. The number of hydrogen-bond acceptors (Lipinski definition) is 4. The molecule has 0 aromatic heterocycles. The number of amides is 1. The topological polar surface area (TPSA) is 73.6 Å². The number of carbonyl (C=O) groups excluding carboxylic acids is 1. The minimum absolute atomic E-state index is 0.128. The second kappa shape index (κ2) is 8.52. The standard InChI is InChI=1S/C16H26N2O3/c1-5-21-14-7-6-12(9-15(14)20-4)10-18-16(19)13(17)8-11(2)3/h6-7,9,11,13H,5,8,10,17H2,1-4H3,(H,18,19)/t13-/m0/s1. The van der Waals surface area contributed by atoms with E-state index in [0.29, 0.717) is 37.0 Å². The van der Waals surface area contributed by atoms with Crippen LogP contribution in [0.25, 0.3) is 0 Å². The highest BCUT2D eigenvalue weighted by atomic mass is 16.5. The van der Waals surface area contributed by atoms with Gasteiger partial charge in [-0.1, -0.05) is 19.9 Å². The Kier molecular flexibility index (Phi) is 7.02. The zero-order valence-electron chi connectivity index (χ0n) is 13.3. The van der Waals surface area contributed by atoms with E-state index in [9.17, 15) is 4.79 Å². The highest BCUT2D eigenvalue weighted by molar-refractivity contribution is 5.81. The fourth-order valence-corrected chi connectivity index (χ4v) is 2.03. The number of benzene rings is 1. The number of hydrogen-bond donors (Lipinski definition) is 2. The molecule has 0 bridgehead atoms. The molecule has 0 radical (unpaired) electrons. The van der Waals surface area contributed by atoms with Crippen molar-refractivity contribution in [1.29, 1.82) is 0 Å². The lowest BCUT2D eigenvalue weighted by Gasteiger charge is -2.15. The first-order valence-corrected chi connectivity index (χ1v) is 7.30. The number of rotatable bonds is 8. The van der Waals surface area contributed by atoms with Crippen molar-refractivity contribution in [2.45, 2.75) is 39.8 Å². The maximum atomic E-state index is 11.9. The fourth-order valence-electron chi connectivity index (χ4n) is 2.03. The summed E-state index contributed by atoms with van der Waals surface area (Å²) in [5, 5.41) is 2.85. The molecule has 0 spiro atoms. The highest BCUT2D eigenvalue weighted by Crippen LogP contribution is 2.27. The molecule has 0 saturated heterocycles. The summed E-state index contributed by atoms with van der Waals surface area (Å²) in [6, 6.07) is 5.15. The predicted molar refractivity (Wildman–Crippen MR) is 83.4 cm³/mol. The maximum absolute atomic E-state index is 11.9. The first-order chi connectivity index (χ1) is 9.97. The van der Waals surface area contributed by atoms with Gasteiger partial charge in [0.1, 0.15) is 0 Å². The third kappa shape index (κ3) is 5.63. The molecule has 0 aliphatic rings. The van der Waals surface area contributed by atoms with Crippen molar-refractivity contribution < 1.29 is 14.3 Å². The molecule has 1 atom stereocenters. The summed E-state index contributed by atoms with van der Waals surface area (Å²) < 4.78 is 10.7. The van der Waals surface area contributed by atoms with Gasteiger partial charge in [0, 0.05) is 6.54 Å². The van der Waals surface area contributed by atoms with Crippen LogP contribution < -0.4 is 20.5 Å². The fraction of sp³-hybridized carbons (Fsp3) is 0.562. The van der Waals surface area contributed by atoms with Crippen LogP contribution in [0.15, 0.2) is 18.2 Å². The molecule has 0 unspecified atom stereocenters. The van der Waals surface area contributed by atoms with E-state index < -0.39 is 6.04 Å². The van der Waals surface area contributed by atoms with Crippen LogP contribution in [-0.2, 0) is 11.3 Å². The molecule has 1 amide bonds. The van der Waals surface area contributed by atoms with Crippen LogP contribution in [0.2, 0.25) is 0 Å². The van der Waals surface area contributed by atoms with E-state index in [1.165, 1.54) is 0 Å². The molecule has 5 nitrogen and oxygen atoms in total. The molecule has 0 saturated carbocycles. The summed E-state index contributed by atoms with van der Waals surface area (Å²) in [6.07, 6.45) is 0.679. The zero-order chi connectivity index (χ0) is 15.8. The Morgan fingerprint density at radius 2 is 2.05 bits per heavy atom. The lowest BCUT2D eigenvalue weighted by atomic mass is 10.0. The lowest BCUT2D eigenvalue weighted by molar-refractivity contribution is -0.122. The van der Waals surface area contributed by atoms with E-state index in [2.05, 4.69) is 5.32 Å². The summed E-state index contributed by atoms with van der Waals surface area (Å²) in [4.78, 5) is 11.9. The molecule has 0 heterocycles. The molecule has 3 N–H and O–H groups in total. The van der Waals surface area contributed by atoms with E-state index >= 15 is 0 Å². The minimum Gasteiger partial charge on any atom is -0.493 e. The van der Waals surface area contributed by atoms with Gasteiger partial charge in [0.15, 0.2) is 11.5 Å². The van der Waals surface area contributed by atoms with Gasteiger partial charge in [0.25, 0.3) is 0 Å². The summed E-state index contributed by atoms with van der Waals surface area (Å²) in [6.45, 7) is 7.02. The Bertz CT molecular complexity index is 461. The molecule has 1 aromatic rings. The Morgan fingerprint density at radius 1 is 1.33 bits per heavy atom. The van der Waals surface area contributed by atoms with Crippen molar-refractivity contribution in [2.24, 2.45) is 11.7 Å². The van der Waals surface area contributed by atoms with Gasteiger partial charge in [-0.05, 0) is 37.0 Å². The van der Waals surface area contributed by atoms with Gasteiger partial charge in [0.2, 0.25) is 5.91 Å². The van der Waals surface area contributed by atoms with Gasteiger partial charge in [-0.15, -0.1) is 0 Å². The third-order valence-electron chi connectivity index (χ3n) is 3.06. The van der Waals surface area contributed by atoms with E-state index in [4.69, 9.17) is 15.2 Å². The van der Waals surface area contributed by atoms with Crippen LogP contribution in [-0.4, -0.2) is 25.7 Å². The monoisotopic (exact) mass is 294 g/mol. The van der Waals surface area contributed by atoms with E-state index in [1.807, 2.05) is 39.0 Å². The first-order valence-electron chi connectivity index (χ1n) is 7.30. The van der Waals surface area contributed by atoms with Gasteiger partial charge in [-0.3, -0.25) is 4.79 Å². The van der Waals surface area contributed by atoms with Gasteiger partial charge < -0.3 is 20.5 Å². The quantitative estimate of drug-likeness (QED) is 0.770. The molecule has 118 valence electrons. The molecular weight excluding hydrogens is 268 g/mol. The Hall–Kier alpha value is -1.75. The number of ether oxygens (including phenoxy) is 2. The average Bonchev–Trinajstić information content (AvgIpc) is 2.45. The van der Waals surface area contributed by atoms with E-state index in [1.54, 1.807) is 7.11 Å². The zero-order valence-corrected chi connectivity index (χ0v) is 13.3. The second-order valence-electron chi connectivity index (χ2n) is 5.37. The van der Waals surface area contributed by atoms with Crippen LogP contribution in [0.3, 0.4) is 0 Å². The van der Waals surface area contributed by atoms with Gasteiger partial charge in [0.05, 0.1) is 19.8 Å². The van der Waals surface area contributed by atoms with Crippen LogP contribution >= 0.6 is 0 Å². The van der Waals surface area contributed by atoms with Crippen molar-refractivity contribution in [3.8, 4) is 11.5 Å². The Balaban J connectivity index is 2.61. The molecule has 5 heteroatoms. The summed E-state index contributed by atoms with van der Waals surface area (Å²) in [5.74, 6) is 1.63. The third-order valence-corrected chi connectivity index (χ3v) is 3.06.